The molecule has 5 nitrogen and oxygen atoms in total. The van der Waals surface area contributed by atoms with E-state index in [-0.39, 0.29) is 18.3 Å². The Morgan fingerprint density at radius 3 is 2.73 bits per heavy atom. The average Bonchev–Trinajstić information content (AvgIpc) is 3.04. The lowest BCUT2D eigenvalue weighted by atomic mass is 10.2. The summed E-state index contributed by atoms with van der Waals surface area (Å²) in [7, 11) is 0. The number of ether oxygens (including phenoxy) is 2. The Labute approximate surface area is 125 Å². The SMILES string of the molecule is Fc1cccc(-c2nnc(C3COc4ccccc4O3)o2)c1. The zero-order chi connectivity index (χ0) is 14.9. The van der Waals surface area contributed by atoms with Gasteiger partial charge in [-0.15, -0.1) is 10.2 Å². The van der Waals surface area contributed by atoms with Crippen molar-refractivity contribution in [3.63, 3.8) is 0 Å². The van der Waals surface area contributed by atoms with Gasteiger partial charge in [0, 0.05) is 5.56 Å². The van der Waals surface area contributed by atoms with Gasteiger partial charge in [0.05, 0.1) is 0 Å². The average molecular weight is 298 g/mol. The Morgan fingerprint density at radius 1 is 1.00 bits per heavy atom. The Balaban J connectivity index is 1.60. The molecule has 22 heavy (non-hydrogen) atoms. The highest BCUT2D eigenvalue weighted by molar-refractivity contribution is 5.52. The van der Waals surface area contributed by atoms with Gasteiger partial charge in [-0.25, -0.2) is 4.39 Å². The predicted molar refractivity (Wildman–Crippen MR) is 75.0 cm³/mol. The van der Waals surface area contributed by atoms with Crippen LogP contribution >= 0.6 is 0 Å². The van der Waals surface area contributed by atoms with Crippen molar-refractivity contribution in [2.24, 2.45) is 0 Å². The van der Waals surface area contributed by atoms with Crippen LogP contribution < -0.4 is 9.47 Å². The first kappa shape index (κ1) is 12.8. The molecule has 0 spiro atoms. The van der Waals surface area contributed by atoms with Crippen molar-refractivity contribution in [1.29, 1.82) is 0 Å². The molecule has 0 bridgehead atoms. The van der Waals surface area contributed by atoms with Crippen molar-refractivity contribution in [1.82, 2.24) is 10.2 Å². The molecule has 1 atom stereocenters. The molecular weight excluding hydrogens is 287 g/mol. The summed E-state index contributed by atoms with van der Waals surface area (Å²) < 4.78 is 30.2. The third-order valence-corrected chi connectivity index (χ3v) is 3.30. The molecule has 3 aromatic rings. The van der Waals surface area contributed by atoms with Crippen LogP contribution in [-0.2, 0) is 0 Å². The summed E-state index contributed by atoms with van der Waals surface area (Å²) in [5, 5.41) is 7.91. The molecule has 0 saturated carbocycles. The van der Waals surface area contributed by atoms with Crippen LogP contribution in [0.15, 0.2) is 52.9 Å². The number of rotatable bonds is 2. The van der Waals surface area contributed by atoms with E-state index in [0.717, 1.165) is 0 Å². The van der Waals surface area contributed by atoms with Gasteiger partial charge in [0.15, 0.2) is 11.5 Å². The van der Waals surface area contributed by atoms with E-state index in [2.05, 4.69) is 10.2 Å². The topological polar surface area (TPSA) is 57.4 Å². The summed E-state index contributed by atoms with van der Waals surface area (Å²) in [4.78, 5) is 0. The van der Waals surface area contributed by atoms with Gasteiger partial charge in [-0.1, -0.05) is 18.2 Å². The molecule has 110 valence electrons. The van der Waals surface area contributed by atoms with Crippen molar-refractivity contribution in [2.75, 3.05) is 6.61 Å². The van der Waals surface area contributed by atoms with Gasteiger partial charge < -0.3 is 13.9 Å². The van der Waals surface area contributed by atoms with Crippen molar-refractivity contribution in [2.45, 2.75) is 6.10 Å². The summed E-state index contributed by atoms with van der Waals surface area (Å²) in [5.74, 6) is 1.50. The molecule has 0 radical (unpaired) electrons. The van der Waals surface area contributed by atoms with Crippen LogP contribution in [0.5, 0.6) is 11.5 Å². The smallest absolute Gasteiger partial charge is 0.260 e. The number of halogens is 1. The third kappa shape index (κ3) is 2.28. The fourth-order valence-electron chi connectivity index (χ4n) is 2.24. The summed E-state index contributed by atoms with van der Waals surface area (Å²) in [6.07, 6.45) is -0.482. The zero-order valence-corrected chi connectivity index (χ0v) is 11.4. The quantitative estimate of drug-likeness (QED) is 0.726. The van der Waals surface area contributed by atoms with Crippen molar-refractivity contribution < 1.29 is 18.3 Å². The number of aromatic nitrogens is 2. The molecule has 0 aliphatic carbocycles. The number of hydrogen-bond acceptors (Lipinski definition) is 5. The summed E-state index contributed by atoms with van der Waals surface area (Å²) in [5.41, 5.74) is 0.524. The van der Waals surface area contributed by atoms with E-state index in [1.165, 1.54) is 12.1 Å². The fraction of sp³-hybridized carbons (Fsp3) is 0.125. The van der Waals surface area contributed by atoms with Gasteiger partial charge in [-0.05, 0) is 30.3 Å². The summed E-state index contributed by atoms with van der Waals surface area (Å²) in [6, 6.07) is 13.4. The van der Waals surface area contributed by atoms with Crippen LogP contribution in [0.1, 0.15) is 12.0 Å². The van der Waals surface area contributed by atoms with Gasteiger partial charge in [0.25, 0.3) is 5.89 Å². The van der Waals surface area contributed by atoms with E-state index in [0.29, 0.717) is 23.0 Å². The standard InChI is InChI=1S/C16H11FN2O3/c17-11-5-3-4-10(8-11)15-18-19-16(22-15)14-9-20-12-6-1-2-7-13(12)21-14/h1-8,14H,9H2. The van der Waals surface area contributed by atoms with E-state index in [1.807, 2.05) is 24.3 Å². The van der Waals surface area contributed by atoms with E-state index in [4.69, 9.17) is 13.9 Å². The first-order valence-electron chi connectivity index (χ1n) is 6.77. The van der Waals surface area contributed by atoms with Gasteiger partial charge >= 0.3 is 0 Å². The molecule has 1 aliphatic rings. The molecule has 0 amide bonds. The maximum absolute atomic E-state index is 13.2. The molecule has 2 aromatic carbocycles. The molecule has 4 rings (SSSR count). The molecule has 2 heterocycles. The van der Waals surface area contributed by atoms with Gasteiger partial charge in [0.2, 0.25) is 12.0 Å². The second-order valence-corrected chi connectivity index (χ2v) is 4.82. The normalized spacial score (nSPS) is 16.5. The van der Waals surface area contributed by atoms with Crippen LogP contribution in [0, 0.1) is 5.82 Å². The van der Waals surface area contributed by atoms with Crippen molar-refractivity contribution in [3.8, 4) is 23.0 Å². The first-order valence-corrected chi connectivity index (χ1v) is 6.77. The van der Waals surface area contributed by atoms with Crippen LogP contribution in [0.2, 0.25) is 0 Å². The van der Waals surface area contributed by atoms with Gasteiger partial charge in [0.1, 0.15) is 12.4 Å². The predicted octanol–water partition coefficient (Wildman–Crippen LogP) is 3.39. The molecule has 1 unspecified atom stereocenters. The van der Waals surface area contributed by atoms with Crippen LogP contribution in [0.4, 0.5) is 4.39 Å². The van der Waals surface area contributed by atoms with Crippen molar-refractivity contribution in [3.05, 3.63) is 60.2 Å². The van der Waals surface area contributed by atoms with Gasteiger partial charge in [-0.2, -0.15) is 0 Å². The minimum atomic E-state index is -0.482. The lowest BCUT2D eigenvalue weighted by molar-refractivity contribution is 0.0716. The second kappa shape index (κ2) is 5.14. The Morgan fingerprint density at radius 2 is 1.86 bits per heavy atom. The maximum atomic E-state index is 13.2. The minimum absolute atomic E-state index is 0.247. The Bertz CT molecular complexity index is 818. The molecular formula is C16H11FN2O3. The van der Waals surface area contributed by atoms with Crippen molar-refractivity contribution >= 4 is 0 Å². The Kier molecular flexibility index (Phi) is 3.00. The number of hydrogen-bond donors (Lipinski definition) is 0. The zero-order valence-electron chi connectivity index (χ0n) is 11.4. The fourth-order valence-corrected chi connectivity index (χ4v) is 2.24. The summed E-state index contributed by atoms with van der Waals surface area (Å²) in [6.45, 7) is 0.280. The highest BCUT2D eigenvalue weighted by Gasteiger charge is 2.27. The molecule has 0 N–H and O–H groups in total. The highest BCUT2D eigenvalue weighted by atomic mass is 19.1. The molecule has 1 aromatic heterocycles. The largest absolute Gasteiger partial charge is 0.485 e. The lowest BCUT2D eigenvalue weighted by Crippen LogP contribution is -2.21. The highest BCUT2D eigenvalue weighted by Crippen LogP contribution is 2.35. The van der Waals surface area contributed by atoms with E-state index in [9.17, 15) is 4.39 Å². The van der Waals surface area contributed by atoms with E-state index in [1.54, 1.807) is 12.1 Å². The van der Waals surface area contributed by atoms with Gasteiger partial charge in [-0.3, -0.25) is 0 Å². The number of para-hydroxylation sites is 2. The van der Waals surface area contributed by atoms with E-state index < -0.39 is 6.10 Å². The van der Waals surface area contributed by atoms with Crippen LogP contribution in [0.25, 0.3) is 11.5 Å². The molecule has 6 heteroatoms. The second-order valence-electron chi connectivity index (χ2n) is 4.82. The van der Waals surface area contributed by atoms with Crippen LogP contribution in [0.3, 0.4) is 0 Å². The molecule has 0 saturated heterocycles. The minimum Gasteiger partial charge on any atom is -0.485 e. The van der Waals surface area contributed by atoms with Crippen LogP contribution in [-0.4, -0.2) is 16.8 Å². The number of benzene rings is 2. The molecule has 1 aliphatic heterocycles. The maximum Gasteiger partial charge on any atom is 0.260 e. The molecule has 0 fully saturated rings. The monoisotopic (exact) mass is 298 g/mol. The number of fused-ring (bicyclic) bond motifs is 1. The number of nitrogens with zero attached hydrogens (tertiary/aromatic N) is 2. The lowest BCUT2D eigenvalue weighted by Gasteiger charge is -2.23. The van der Waals surface area contributed by atoms with E-state index >= 15 is 0 Å². The Hall–Kier alpha value is -2.89. The third-order valence-electron chi connectivity index (χ3n) is 3.30. The summed E-state index contributed by atoms with van der Waals surface area (Å²) >= 11 is 0. The first-order chi connectivity index (χ1) is 10.8.